The van der Waals surface area contributed by atoms with E-state index >= 15 is 0 Å². The van der Waals surface area contributed by atoms with Gasteiger partial charge in [-0.1, -0.05) is 44.4 Å². The van der Waals surface area contributed by atoms with Gasteiger partial charge in [0.05, 0.1) is 6.04 Å². The molecule has 1 atom stereocenters. The van der Waals surface area contributed by atoms with E-state index in [-0.39, 0.29) is 6.04 Å². The molecule has 112 valence electrons. The Balaban J connectivity index is 2.26. The van der Waals surface area contributed by atoms with Crippen molar-refractivity contribution in [2.24, 2.45) is 0 Å². The molecule has 0 saturated heterocycles. The van der Waals surface area contributed by atoms with Crippen molar-refractivity contribution in [2.75, 3.05) is 7.05 Å². The van der Waals surface area contributed by atoms with Crippen LogP contribution in [-0.4, -0.2) is 18.0 Å². The third-order valence-electron chi connectivity index (χ3n) is 4.32. The van der Waals surface area contributed by atoms with Crippen LogP contribution in [0.3, 0.4) is 0 Å². The van der Waals surface area contributed by atoms with Crippen molar-refractivity contribution < 1.29 is 0 Å². The number of likely N-dealkylation sites (N-methyl/N-ethyl adjacent to an activating group) is 1. The number of hydrogen-bond donors (Lipinski definition) is 1. The third-order valence-corrected chi connectivity index (χ3v) is 4.32. The molecule has 0 radical (unpaired) electrons. The highest BCUT2D eigenvalue weighted by atomic mass is 15.2. The summed E-state index contributed by atoms with van der Waals surface area (Å²) in [5, 5.41) is 3.21. The van der Waals surface area contributed by atoms with Gasteiger partial charge < -0.3 is 10.2 Å². The minimum Gasteiger partial charge on any atom is -0.390 e. The van der Waals surface area contributed by atoms with Crippen molar-refractivity contribution in [2.45, 2.75) is 38.8 Å². The first-order valence-electron chi connectivity index (χ1n) is 7.67. The minimum atomic E-state index is 0.262. The molecule has 0 bridgehead atoms. The van der Waals surface area contributed by atoms with Crippen molar-refractivity contribution in [3.63, 3.8) is 0 Å². The summed E-state index contributed by atoms with van der Waals surface area (Å²) < 4.78 is 0. The number of fused-ring (bicyclic) bond motifs is 1. The van der Waals surface area contributed by atoms with Crippen LogP contribution in [0.2, 0.25) is 0 Å². The monoisotopic (exact) mass is 282 g/mol. The zero-order valence-electron chi connectivity index (χ0n) is 13.3. The number of hydrogen-bond acceptors (Lipinski definition) is 2. The highest BCUT2D eigenvalue weighted by Crippen LogP contribution is 2.36. The van der Waals surface area contributed by atoms with Crippen LogP contribution in [0.5, 0.6) is 0 Å². The Kier molecular flexibility index (Phi) is 4.89. The Labute approximate surface area is 128 Å². The van der Waals surface area contributed by atoms with Gasteiger partial charge in [0.1, 0.15) is 0 Å². The van der Waals surface area contributed by atoms with Crippen molar-refractivity contribution in [3.05, 3.63) is 66.4 Å². The zero-order valence-corrected chi connectivity index (χ0v) is 13.3. The number of rotatable bonds is 7. The molecule has 1 unspecified atom stereocenters. The van der Waals surface area contributed by atoms with Crippen molar-refractivity contribution in [1.82, 2.24) is 10.2 Å². The van der Waals surface area contributed by atoms with E-state index in [0.29, 0.717) is 0 Å². The second-order valence-corrected chi connectivity index (χ2v) is 5.58. The molecule has 0 aliphatic carbocycles. The van der Waals surface area contributed by atoms with Crippen LogP contribution in [-0.2, 0) is 13.0 Å². The second-order valence-electron chi connectivity index (χ2n) is 5.58. The smallest absolute Gasteiger partial charge is 0.0688 e. The Morgan fingerprint density at radius 1 is 1.48 bits per heavy atom. The average Bonchev–Trinajstić information content (AvgIpc) is 2.83. The molecule has 2 rings (SSSR count). The largest absolute Gasteiger partial charge is 0.390 e. The van der Waals surface area contributed by atoms with Gasteiger partial charge in [-0.2, -0.15) is 0 Å². The van der Waals surface area contributed by atoms with Gasteiger partial charge in [0, 0.05) is 30.5 Å². The maximum atomic E-state index is 4.31. The third kappa shape index (κ3) is 3.05. The summed E-state index contributed by atoms with van der Waals surface area (Å²) in [6, 6.07) is 6.99. The number of aryl methyl sites for hydroxylation is 1. The van der Waals surface area contributed by atoms with Crippen LogP contribution in [0.1, 0.15) is 36.5 Å². The Hall–Kier alpha value is -1.96. The molecule has 0 amide bonds. The summed E-state index contributed by atoms with van der Waals surface area (Å²) in [5.74, 6) is 0. The van der Waals surface area contributed by atoms with Gasteiger partial charge in [-0.15, -0.1) is 6.58 Å². The molecule has 1 heterocycles. The lowest BCUT2D eigenvalue weighted by atomic mass is 10.0. The standard InChI is InChI=1S/C19H26N2/c1-6-8-9-19(14(3)20-5)21-13-17-12-16(7-2)10-11-18(17)15(21)4/h6,10-12,19-20H,1,3-4,7-9,13H2,2,5H3. The molecule has 0 aromatic heterocycles. The van der Waals surface area contributed by atoms with Crippen molar-refractivity contribution in [3.8, 4) is 0 Å². The van der Waals surface area contributed by atoms with Crippen molar-refractivity contribution >= 4 is 5.70 Å². The lowest BCUT2D eigenvalue weighted by Crippen LogP contribution is -2.35. The minimum absolute atomic E-state index is 0.262. The van der Waals surface area contributed by atoms with E-state index in [4.69, 9.17) is 0 Å². The van der Waals surface area contributed by atoms with Gasteiger partial charge in [-0.3, -0.25) is 0 Å². The molecular weight excluding hydrogens is 256 g/mol. The fourth-order valence-corrected chi connectivity index (χ4v) is 2.97. The SMILES string of the molecule is C=CCCC(C(=C)NC)N1Cc2cc(CC)ccc2C1=C. The van der Waals surface area contributed by atoms with Crippen LogP contribution in [0.15, 0.2) is 49.7 Å². The number of nitrogens with zero attached hydrogens (tertiary/aromatic N) is 1. The molecule has 2 heteroatoms. The second kappa shape index (κ2) is 6.66. The van der Waals surface area contributed by atoms with E-state index in [1.54, 1.807) is 0 Å². The highest BCUT2D eigenvalue weighted by molar-refractivity contribution is 5.70. The summed E-state index contributed by atoms with van der Waals surface area (Å²) in [6.07, 6.45) is 5.03. The summed E-state index contributed by atoms with van der Waals surface area (Å²) in [6.45, 7) is 15.4. The van der Waals surface area contributed by atoms with Crippen molar-refractivity contribution in [1.29, 1.82) is 0 Å². The molecule has 21 heavy (non-hydrogen) atoms. The average molecular weight is 282 g/mol. The maximum absolute atomic E-state index is 4.31. The Bertz CT molecular complexity index is 557. The van der Waals surface area contributed by atoms with Crippen LogP contribution in [0.4, 0.5) is 0 Å². The molecule has 0 spiro atoms. The van der Waals surface area contributed by atoms with E-state index in [2.05, 4.69) is 55.1 Å². The predicted octanol–water partition coefficient (Wildman–Crippen LogP) is 4.10. The van der Waals surface area contributed by atoms with Crippen LogP contribution in [0.25, 0.3) is 5.70 Å². The predicted molar refractivity (Wildman–Crippen MR) is 91.8 cm³/mol. The van der Waals surface area contributed by atoms with E-state index in [0.717, 1.165) is 37.2 Å². The molecule has 0 saturated carbocycles. The normalized spacial score (nSPS) is 14.8. The van der Waals surface area contributed by atoms with Gasteiger partial charge in [-0.05, 0) is 30.4 Å². The summed E-state index contributed by atoms with van der Waals surface area (Å²) in [7, 11) is 1.93. The molecule has 1 N–H and O–H groups in total. The first-order chi connectivity index (χ1) is 10.1. The molecule has 1 aromatic carbocycles. The quantitative estimate of drug-likeness (QED) is 0.757. The fraction of sp³-hybridized carbons (Fsp3) is 0.368. The summed E-state index contributed by atoms with van der Waals surface area (Å²) in [5.41, 5.74) is 6.20. The number of benzene rings is 1. The summed E-state index contributed by atoms with van der Waals surface area (Å²) >= 11 is 0. The van der Waals surface area contributed by atoms with Crippen LogP contribution >= 0.6 is 0 Å². The maximum Gasteiger partial charge on any atom is 0.0688 e. The lowest BCUT2D eigenvalue weighted by Gasteiger charge is -2.32. The van der Waals surface area contributed by atoms with Gasteiger partial charge in [0.15, 0.2) is 0 Å². The molecule has 1 aliphatic rings. The van der Waals surface area contributed by atoms with E-state index in [1.807, 2.05) is 13.1 Å². The van der Waals surface area contributed by atoms with E-state index in [9.17, 15) is 0 Å². The molecule has 1 aromatic rings. The molecule has 1 aliphatic heterocycles. The highest BCUT2D eigenvalue weighted by Gasteiger charge is 2.29. The van der Waals surface area contributed by atoms with E-state index in [1.165, 1.54) is 16.7 Å². The lowest BCUT2D eigenvalue weighted by molar-refractivity contribution is 0.312. The first-order valence-corrected chi connectivity index (χ1v) is 7.67. The number of allylic oxidation sites excluding steroid dienone is 1. The fourth-order valence-electron chi connectivity index (χ4n) is 2.97. The topological polar surface area (TPSA) is 15.3 Å². The Morgan fingerprint density at radius 2 is 2.24 bits per heavy atom. The van der Waals surface area contributed by atoms with E-state index < -0.39 is 0 Å². The summed E-state index contributed by atoms with van der Waals surface area (Å²) in [4.78, 5) is 2.37. The van der Waals surface area contributed by atoms with Gasteiger partial charge in [-0.25, -0.2) is 0 Å². The molecule has 2 nitrogen and oxygen atoms in total. The first kappa shape index (κ1) is 15.4. The molecule has 0 fully saturated rings. The number of nitrogens with one attached hydrogen (secondary N) is 1. The van der Waals surface area contributed by atoms with Gasteiger partial charge in [0.2, 0.25) is 0 Å². The van der Waals surface area contributed by atoms with Crippen LogP contribution in [0, 0.1) is 0 Å². The van der Waals surface area contributed by atoms with Gasteiger partial charge in [0.25, 0.3) is 0 Å². The Morgan fingerprint density at radius 3 is 2.86 bits per heavy atom. The van der Waals surface area contributed by atoms with Gasteiger partial charge >= 0.3 is 0 Å². The molecular formula is C19H26N2. The zero-order chi connectivity index (χ0) is 15.4. The van der Waals surface area contributed by atoms with Crippen LogP contribution < -0.4 is 5.32 Å².